The van der Waals surface area contributed by atoms with E-state index in [2.05, 4.69) is 4.98 Å². The summed E-state index contributed by atoms with van der Waals surface area (Å²) in [6.45, 7) is 4.70. The SMILES string of the molecule is CCOCC(=O)N1CCC2(CC1)C[C@H](Oc1cccnc1)CO2. The highest BCUT2D eigenvalue weighted by atomic mass is 16.6. The molecule has 2 aliphatic rings. The Balaban J connectivity index is 1.48. The van der Waals surface area contributed by atoms with Gasteiger partial charge in [-0.2, -0.15) is 0 Å². The molecule has 0 aromatic carbocycles. The molecule has 0 N–H and O–H groups in total. The second-order valence-corrected chi connectivity index (χ2v) is 6.14. The Hall–Kier alpha value is -1.66. The average Bonchev–Trinajstić information content (AvgIpc) is 2.96. The molecule has 1 amide bonds. The Morgan fingerprint density at radius 2 is 2.30 bits per heavy atom. The highest BCUT2D eigenvalue weighted by Crippen LogP contribution is 2.37. The van der Waals surface area contributed by atoms with Crippen LogP contribution in [0.5, 0.6) is 5.75 Å². The van der Waals surface area contributed by atoms with Gasteiger partial charge in [-0.25, -0.2) is 0 Å². The molecule has 2 aliphatic heterocycles. The second kappa shape index (κ2) is 7.27. The number of pyridine rings is 1. The van der Waals surface area contributed by atoms with E-state index in [4.69, 9.17) is 14.2 Å². The van der Waals surface area contributed by atoms with Crippen molar-refractivity contribution in [2.75, 3.05) is 32.9 Å². The Kier molecular flexibility index (Phi) is 5.13. The fourth-order valence-electron chi connectivity index (χ4n) is 3.28. The van der Waals surface area contributed by atoms with Gasteiger partial charge < -0.3 is 19.1 Å². The quantitative estimate of drug-likeness (QED) is 0.825. The van der Waals surface area contributed by atoms with Crippen LogP contribution < -0.4 is 4.74 Å². The van der Waals surface area contributed by atoms with Gasteiger partial charge in [0.25, 0.3) is 0 Å². The number of rotatable bonds is 5. The van der Waals surface area contributed by atoms with Crippen molar-refractivity contribution in [3.05, 3.63) is 24.5 Å². The lowest BCUT2D eigenvalue weighted by Gasteiger charge is -2.38. The molecule has 0 bridgehead atoms. The number of hydrogen-bond acceptors (Lipinski definition) is 5. The lowest BCUT2D eigenvalue weighted by molar-refractivity contribution is -0.140. The summed E-state index contributed by atoms with van der Waals surface area (Å²) in [4.78, 5) is 17.9. The highest BCUT2D eigenvalue weighted by molar-refractivity contribution is 5.77. The summed E-state index contributed by atoms with van der Waals surface area (Å²) < 4.78 is 17.2. The van der Waals surface area contributed by atoms with Crippen LogP contribution in [0, 0.1) is 0 Å². The molecule has 3 rings (SSSR count). The van der Waals surface area contributed by atoms with Gasteiger partial charge in [0.2, 0.25) is 5.91 Å². The molecule has 1 aromatic rings. The third kappa shape index (κ3) is 4.00. The van der Waals surface area contributed by atoms with Crippen LogP contribution in [0.25, 0.3) is 0 Å². The highest BCUT2D eigenvalue weighted by Gasteiger charge is 2.44. The normalized spacial score (nSPS) is 23.2. The molecule has 1 aromatic heterocycles. The summed E-state index contributed by atoms with van der Waals surface area (Å²) in [5.74, 6) is 0.852. The molecule has 6 heteroatoms. The van der Waals surface area contributed by atoms with Gasteiger partial charge >= 0.3 is 0 Å². The smallest absolute Gasteiger partial charge is 0.248 e. The first-order chi connectivity index (χ1) is 11.2. The van der Waals surface area contributed by atoms with Crippen LogP contribution in [0.3, 0.4) is 0 Å². The minimum Gasteiger partial charge on any atom is -0.486 e. The lowest BCUT2D eigenvalue weighted by Crippen LogP contribution is -2.47. The molecule has 0 radical (unpaired) electrons. The van der Waals surface area contributed by atoms with Gasteiger partial charge in [0, 0.05) is 32.3 Å². The first kappa shape index (κ1) is 16.2. The number of ether oxygens (including phenoxy) is 3. The van der Waals surface area contributed by atoms with Gasteiger partial charge in [0.1, 0.15) is 18.5 Å². The van der Waals surface area contributed by atoms with Gasteiger partial charge in [0.15, 0.2) is 0 Å². The average molecular weight is 320 g/mol. The van der Waals surface area contributed by atoms with E-state index in [0.717, 1.165) is 38.1 Å². The van der Waals surface area contributed by atoms with E-state index in [1.54, 1.807) is 12.4 Å². The van der Waals surface area contributed by atoms with Crippen molar-refractivity contribution >= 4 is 5.91 Å². The molecule has 6 nitrogen and oxygen atoms in total. The zero-order chi connectivity index (χ0) is 16.1. The largest absolute Gasteiger partial charge is 0.486 e. The van der Waals surface area contributed by atoms with Crippen molar-refractivity contribution in [2.45, 2.75) is 37.9 Å². The second-order valence-electron chi connectivity index (χ2n) is 6.14. The van der Waals surface area contributed by atoms with E-state index in [1.165, 1.54) is 0 Å². The summed E-state index contributed by atoms with van der Waals surface area (Å²) in [6.07, 6.45) is 6.10. The van der Waals surface area contributed by atoms with Crippen LogP contribution in [0.4, 0.5) is 0 Å². The molecule has 0 aliphatic carbocycles. The van der Waals surface area contributed by atoms with Gasteiger partial charge in [-0.1, -0.05) is 0 Å². The van der Waals surface area contributed by atoms with E-state index in [1.807, 2.05) is 24.0 Å². The van der Waals surface area contributed by atoms with Crippen molar-refractivity contribution in [3.63, 3.8) is 0 Å². The van der Waals surface area contributed by atoms with Crippen molar-refractivity contribution < 1.29 is 19.0 Å². The molecular formula is C17H24N2O4. The van der Waals surface area contributed by atoms with E-state index < -0.39 is 0 Å². The predicted molar refractivity (Wildman–Crippen MR) is 84.3 cm³/mol. The zero-order valence-electron chi connectivity index (χ0n) is 13.6. The maximum atomic E-state index is 12.0. The van der Waals surface area contributed by atoms with Crippen LogP contribution in [0.1, 0.15) is 26.2 Å². The summed E-state index contributed by atoms with van der Waals surface area (Å²) in [5.41, 5.74) is -0.144. The van der Waals surface area contributed by atoms with Crippen molar-refractivity contribution in [1.82, 2.24) is 9.88 Å². The molecule has 3 heterocycles. The van der Waals surface area contributed by atoms with Crippen LogP contribution in [0.15, 0.2) is 24.5 Å². The molecule has 1 spiro atoms. The molecule has 2 fully saturated rings. The van der Waals surface area contributed by atoms with Crippen molar-refractivity contribution in [2.24, 2.45) is 0 Å². The number of aromatic nitrogens is 1. The van der Waals surface area contributed by atoms with Gasteiger partial charge in [-0.3, -0.25) is 9.78 Å². The standard InChI is InChI=1S/C17H24N2O4/c1-2-21-13-16(20)19-8-5-17(6-9-19)10-15(12-22-17)23-14-4-3-7-18-11-14/h3-4,7,11,15H,2,5-6,8-10,12-13H2,1H3/t15-/m0/s1. The zero-order valence-corrected chi connectivity index (χ0v) is 13.6. The Morgan fingerprint density at radius 1 is 1.48 bits per heavy atom. The van der Waals surface area contributed by atoms with Gasteiger partial charge in [0.05, 0.1) is 18.4 Å². The number of carbonyl (C=O) groups excluding carboxylic acids is 1. The maximum Gasteiger partial charge on any atom is 0.248 e. The third-order valence-electron chi connectivity index (χ3n) is 4.57. The summed E-state index contributed by atoms with van der Waals surface area (Å²) in [5, 5.41) is 0. The van der Waals surface area contributed by atoms with Crippen LogP contribution in [-0.4, -0.2) is 60.4 Å². The van der Waals surface area contributed by atoms with E-state index in [0.29, 0.717) is 13.2 Å². The maximum absolute atomic E-state index is 12.0. The van der Waals surface area contributed by atoms with Crippen LogP contribution >= 0.6 is 0 Å². The van der Waals surface area contributed by atoms with Crippen molar-refractivity contribution in [1.29, 1.82) is 0 Å². The number of amides is 1. The number of hydrogen-bond donors (Lipinski definition) is 0. The molecule has 23 heavy (non-hydrogen) atoms. The first-order valence-electron chi connectivity index (χ1n) is 8.27. The molecule has 1 atom stereocenters. The molecule has 0 unspecified atom stereocenters. The van der Waals surface area contributed by atoms with E-state index in [9.17, 15) is 4.79 Å². The van der Waals surface area contributed by atoms with Crippen LogP contribution in [-0.2, 0) is 14.3 Å². The minimum atomic E-state index is -0.144. The number of carbonyl (C=O) groups is 1. The molecule has 126 valence electrons. The molecule has 2 saturated heterocycles. The third-order valence-corrected chi connectivity index (χ3v) is 4.57. The van der Waals surface area contributed by atoms with Crippen LogP contribution in [0.2, 0.25) is 0 Å². The fourth-order valence-corrected chi connectivity index (χ4v) is 3.28. The monoisotopic (exact) mass is 320 g/mol. The van der Waals surface area contributed by atoms with Gasteiger partial charge in [-0.05, 0) is 31.9 Å². The topological polar surface area (TPSA) is 60.9 Å². The number of likely N-dealkylation sites (tertiary alicyclic amines) is 1. The summed E-state index contributed by atoms with van der Waals surface area (Å²) >= 11 is 0. The Morgan fingerprint density at radius 3 is 3.00 bits per heavy atom. The Bertz CT molecular complexity index is 515. The number of nitrogens with zero attached hydrogens (tertiary/aromatic N) is 2. The van der Waals surface area contributed by atoms with E-state index in [-0.39, 0.29) is 24.2 Å². The van der Waals surface area contributed by atoms with Crippen molar-refractivity contribution in [3.8, 4) is 5.75 Å². The summed E-state index contributed by atoms with van der Waals surface area (Å²) in [7, 11) is 0. The number of piperidine rings is 1. The minimum absolute atomic E-state index is 0.0601. The first-order valence-corrected chi connectivity index (χ1v) is 8.27. The molecular weight excluding hydrogens is 296 g/mol. The Labute approximate surface area is 136 Å². The predicted octanol–water partition coefficient (Wildman–Crippen LogP) is 1.65. The summed E-state index contributed by atoms with van der Waals surface area (Å²) in [6, 6.07) is 3.77. The van der Waals surface area contributed by atoms with Gasteiger partial charge in [-0.15, -0.1) is 0 Å². The lowest BCUT2D eigenvalue weighted by atomic mass is 9.88. The molecule has 0 saturated carbocycles. The fraction of sp³-hybridized carbons (Fsp3) is 0.647. The van der Waals surface area contributed by atoms with E-state index >= 15 is 0 Å².